The minimum absolute atomic E-state index is 0.599. The Labute approximate surface area is 85.6 Å². The third-order valence-electron chi connectivity index (χ3n) is 1.89. The van der Waals surface area contributed by atoms with E-state index in [2.05, 4.69) is 24.9 Å². The van der Waals surface area contributed by atoms with Crippen LogP contribution < -0.4 is 0 Å². The molecule has 1 aromatic carbocycles. The molecule has 0 aliphatic heterocycles. The Morgan fingerprint density at radius 1 is 1.36 bits per heavy atom. The van der Waals surface area contributed by atoms with Crippen molar-refractivity contribution in [1.29, 1.82) is 0 Å². The zero-order valence-electron chi connectivity index (χ0n) is 8.86. The molecule has 0 aliphatic rings. The van der Waals surface area contributed by atoms with Gasteiger partial charge in [0, 0.05) is 12.8 Å². The standard InChI is InChI=1S/C12H17NO/c1-3-9-14-10-8-13-12-7-5-4-6-11(12)2/h4-8H,3,9-10H2,1-2H3. The molecule has 0 saturated heterocycles. The number of aliphatic imine (C=N–C) groups is 1. The SMILES string of the molecule is CCCOCC=Nc1ccccc1C. The lowest BCUT2D eigenvalue weighted by molar-refractivity contribution is 0.175. The van der Waals surface area contributed by atoms with Crippen LogP contribution >= 0.6 is 0 Å². The summed E-state index contributed by atoms with van der Waals surface area (Å²) in [6, 6.07) is 8.07. The molecule has 0 aliphatic carbocycles. The Hall–Kier alpha value is -1.15. The van der Waals surface area contributed by atoms with Gasteiger partial charge in [0.2, 0.25) is 0 Å². The predicted molar refractivity (Wildman–Crippen MR) is 60.4 cm³/mol. The van der Waals surface area contributed by atoms with E-state index in [-0.39, 0.29) is 0 Å². The maximum absolute atomic E-state index is 5.30. The monoisotopic (exact) mass is 191 g/mol. The first-order valence-corrected chi connectivity index (χ1v) is 5.00. The highest BCUT2D eigenvalue weighted by molar-refractivity contribution is 5.65. The molecular formula is C12H17NO. The van der Waals surface area contributed by atoms with Gasteiger partial charge in [0.05, 0.1) is 12.3 Å². The van der Waals surface area contributed by atoms with Gasteiger partial charge in [-0.25, -0.2) is 0 Å². The number of benzene rings is 1. The van der Waals surface area contributed by atoms with Crippen molar-refractivity contribution >= 4 is 11.9 Å². The smallest absolute Gasteiger partial charge is 0.0818 e. The van der Waals surface area contributed by atoms with Crippen LogP contribution in [0.1, 0.15) is 18.9 Å². The lowest BCUT2D eigenvalue weighted by Gasteiger charge is -1.98. The van der Waals surface area contributed by atoms with Crippen LogP contribution in [-0.4, -0.2) is 19.4 Å². The van der Waals surface area contributed by atoms with Gasteiger partial charge < -0.3 is 4.74 Å². The fraction of sp³-hybridized carbons (Fsp3) is 0.417. The number of hydrogen-bond donors (Lipinski definition) is 0. The Bertz CT molecular complexity index is 294. The molecule has 1 rings (SSSR count). The number of rotatable bonds is 5. The first-order valence-electron chi connectivity index (χ1n) is 5.00. The molecule has 0 aromatic heterocycles. The average molecular weight is 191 g/mol. The molecule has 0 bridgehead atoms. The van der Waals surface area contributed by atoms with E-state index in [9.17, 15) is 0 Å². The average Bonchev–Trinajstić information content (AvgIpc) is 2.20. The molecule has 2 nitrogen and oxygen atoms in total. The maximum Gasteiger partial charge on any atom is 0.0818 e. The van der Waals surface area contributed by atoms with Crippen LogP contribution in [0, 0.1) is 6.92 Å². The van der Waals surface area contributed by atoms with Gasteiger partial charge >= 0.3 is 0 Å². The molecular weight excluding hydrogens is 174 g/mol. The Kier molecular flexibility index (Phi) is 4.94. The van der Waals surface area contributed by atoms with Crippen LogP contribution in [0.2, 0.25) is 0 Å². The van der Waals surface area contributed by atoms with E-state index in [0.29, 0.717) is 6.61 Å². The van der Waals surface area contributed by atoms with Crippen LogP contribution in [0.25, 0.3) is 0 Å². The van der Waals surface area contributed by atoms with Crippen molar-refractivity contribution in [3.05, 3.63) is 29.8 Å². The molecule has 0 amide bonds. The third-order valence-corrected chi connectivity index (χ3v) is 1.89. The molecule has 14 heavy (non-hydrogen) atoms. The van der Waals surface area contributed by atoms with Crippen molar-refractivity contribution in [1.82, 2.24) is 0 Å². The minimum atomic E-state index is 0.599. The van der Waals surface area contributed by atoms with Crippen LogP contribution in [-0.2, 0) is 4.74 Å². The first kappa shape index (κ1) is 10.9. The van der Waals surface area contributed by atoms with Crippen molar-refractivity contribution < 1.29 is 4.74 Å². The first-order chi connectivity index (χ1) is 6.84. The van der Waals surface area contributed by atoms with E-state index < -0.39 is 0 Å². The summed E-state index contributed by atoms with van der Waals surface area (Å²) >= 11 is 0. The molecule has 2 heteroatoms. The van der Waals surface area contributed by atoms with Crippen molar-refractivity contribution in [3.8, 4) is 0 Å². The summed E-state index contributed by atoms with van der Waals surface area (Å²) in [4.78, 5) is 4.33. The fourth-order valence-electron chi connectivity index (χ4n) is 1.12. The Morgan fingerprint density at radius 3 is 2.86 bits per heavy atom. The Morgan fingerprint density at radius 2 is 2.14 bits per heavy atom. The van der Waals surface area contributed by atoms with E-state index >= 15 is 0 Å². The molecule has 0 fully saturated rings. The highest BCUT2D eigenvalue weighted by Gasteiger charge is 1.90. The fourth-order valence-corrected chi connectivity index (χ4v) is 1.12. The topological polar surface area (TPSA) is 21.6 Å². The summed E-state index contributed by atoms with van der Waals surface area (Å²) in [5.74, 6) is 0. The number of aryl methyl sites for hydroxylation is 1. The van der Waals surface area contributed by atoms with Crippen molar-refractivity contribution in [2.75, 3.05) is 13.2 Å². The third kappa shape index (κ3) is 3.71. The second-order valence-electron chi connectivity index (χ2n) is 3.17. The van der Waals surface area contributed by atoms with E-state index in [1.54, 1.807) is 0 Å². The molecule has 0 radical (unpaired) electrons. The molecule has 0 heterocycles. The van der Waals surface area contributed by atoms with Crippen LogP contribution in [0.4, 0.5) is 5.69 Å². The summed E-state index contributed by atoms with van der Waals surface area (Å²) < 4.78 is 5.30. The largest absolute Gasteiger partial charge is 0.376 e. The summed E-state index contributed by atoms with van der Waals surface area (Å²) in [5.41, 5.74) is 2.21. The quantitative estimate of drug-likeness (QED) is 0.517. The molecule has 1 aromatic rings. The molecule has 0 N–H and O–H groups in total. The second kappa shape index (κ2) is 6.33. The maximum atomic E-state index is 5.30. The van der Waals surface area contributed by atoms with Crippen LogP contribution in [0.3, 0.4) is 0 Å². The number of nitrogens with zero attached hydrogens (tertiary/aromatic N) is 1. The molecule has 0 unspecified atom stereocenters. The van der Waals surface area contributed by atoms with Gasteiger partial charge in [0.15, 0.2) is 0 Å². The molecule has 0 atom stereocenters. The van der Waals surface area contributed by atoms with Crippen molar-refractivity contribution in [2.24, 2.45) is 4.99 Å². The molecule has 0 saturated carbocycles. The van der Waals surface area contributed by atoms with Crippen LogP contribution in [0.5, 0.6) is 0 Å². The lowest BCUT2D eigenvalue weighted by atomic mass is 10.2. The lowest BCUT2D eigenvalue weighted by Crippen LogP contribution is -1.95. The Balaban J connectivity index is 2.40. The highest BCUT2D eigenvalue weighted by atomic mass is 16.5. The van der Waals surface area contributed by atoms with Gasteiger partial charge in [-0.15, -0.1) is 0 Å². The van der Waals surface area contributed by atoms with E-state index in [0.717, 1.165) is 18.7 Å². The zero-order chi connectivity index (χ0) is 10.2. The number of hydrogen-bond acceptors (Lipinski definition) is 2. The summed E-state index contributed by atoms with van der Waals surface area (Å²) in [6.07, 6.45) is 2.87. The van der Waals surface area contributed by atoms with Gasteiger partial charge in [-0.3, -0.25) is 4.99 Å². The van der Waals surface area contributed by atoms with Crippen molar-refractivity contribution in [3.63, 3.8) is 0 Å². The molecule has 0 spiro atoms. The summed E-state index contributed by atoms with van der Waals surface area (Å²) in [7, 11) is 0. The number of para-hydroxylation sites is 1. The van der Waals surface area contributed by atoms with Gasteiger partial charge in [-0.05, 0) is 25.0 Å². The normalized spacial score (nSPS) is 11.0. The van der Waals surface area contributed by atoms with E-state index in [1.165, 1.54) is 5.56 Å². The molecule has 76 valence electrons. The van der Waals surface area contributed by atoms with Gasteiger partial charge in [-0.1, -0.05) is 25.1 Å². The van der Waals surface area contributed by atoms with Crippen molar-refractivity contribution in [2.45, 2.75) is 20.3 Å². The second-order valence-corrected chi connectivity index (χ2v) is 3.17. The van der Waals surface area contributed by atoms with Crippen LogP contribution in [0.15, 0.2) is 29.3 Å². The van der Waals surface area contributed by atoms with Gasteiger partial charge in [-0.2, -0.15) is 0 Å². The van der Waals surface area contributed by atoms with E-state index in [1.807, 2.05) is 24.4 Å². The van der Waals surface area contributed by atoms with Gasteiger partial charge in [0.25, 0.3) is 0 Å². The highest BCUT2D eigenvalue weighted by Crippen LogP contribution is 2.15. The summed E-state index contributed by atoms with van der Waals surface area (Å²) in [5, 5.41) is 0. The number of ether oxygens (including phenoxy) is 1. The zero-order valence-corrected chi connectivity index (χ0v) is 8.86. The van der Waals surface area contributed by atoms with E-state index in [4.69, 9.17) is 4.74 Å². The van der Waals surface area contributed by atoms with Gasteiger partial charge in [0.1, 0.15) is 0 Å². The summed E-state index contributed by atoms with van der Waals surface area (Å²) in [6.45, 7) is 5.56. The minimum Gasteiger partial charge on any atom is -0.376 e. The predicted octanol–water partition coefficient (Wildman–Crippen LogP) is 3.12.